The van der Waals surface area contributed by atoms with Crippen molar-refractivity contribution in [3.8, 4) is 0 Å². The molecule has 1 saturated carbocycles. The van der Waals surface area contributed by atoms with Gasteiger partial charge in [0, 0.05) is 50.4 Å². The summed E-state index contributed by atoms with van der Waals surface area (Å²) in [5, 5.41) is 4.35. The van der Waals surface area contributed by atoms with Gasteiger partial charge in [0.25, 0.3) is 5.91 Å². The number of nitrogens with zero attached hydrogens (tertiary/aromatic N) is 5. The highest BCUT2D eigenvalue weighted by atomic mass is 32.1. The highest BCUT2D eigenvalue weighted by molar-refractivity contribution is 7.11. The van der Waals surface area contributed by atoms with Crippen LogP contribution >= 0.6 is 11.3 Å². The smallest absolute Gasteiger partial charge is 0.340 e. The van der Waals surface area contributed by atoms with E-state index in [1.54, 1.807) is 13.1 Å². The molecule has 1 aliphatic carbocycles. The van der Waals surface area contributed by atoms with E-state index < -0.39 is 12.6 Å². The maximum Gasteiger partial charge on any atom is 0.389 e. The lowest BCUT2D eigenvalue weighted by Crippen LogP contribution is -2.29. The van der Waals surface area contributed by atoms with Crippen molar-refractivity contribution < 1.29 is 22.5 Å². The number of alkyl halides is 3. The lowest BCUT2D eigenvalue weighted by atomic mass is 9.81. The van der Waals surface area contributed by atoms with Crippen molar-refractivity contribution in [3.63, 3.8) is 0 Å². The minimum absolute atomic E-state index is 0.00900. The Morgan fingerprint density at radius 3 is 2.69 bits per heavy atom. The Morgan fingerprint density at radius 1 is 1.20 bits per heavy atom. The van der Waals surface area contributed by atoms with Crippen molar-refractivity contribution in [1.82, 2.24) is 20.0 Å². The number of thiazole rings is 1. The predicted molar refractivity (Wildman–Crippen MR) is 127 cm³/mol. The highest BCUT2D eigenvalue weighted by Crippen LogP contribution is 2.31. The molecule has 192 valence electrons. The summed E-state index contributed by atoms with van der Waals surface area (Å²) in [5.41, 5.74) is 0.999. The number of aryl methyl sites for hydroxylation is 2. The summed E-state index contributed by atoms with van der Waals surface area (Å²) in [6, 6.07) is 0. The molecule has 2 aromatic rings. The molecule has 1 amide bonds. The second-order valence-corrected chi connectivity index (χ2v) is 10.8. The minimum Gasteiger partial charge on any atom is -0.340 e. The molecule has 0 saturated heterocycles. The average molecular weight is 512 g/mol. The van der Waals surface area contributed by atoms with Gasteiger partial charge in [-0.2, -0.15) is 18.2 Å². The number of hydrogen-bond acceptors (Lipinski definition) is 7. The van der Waals surface area contributed by atoms with Gasteiger partial charge >= 0.3 is 6.18 Å². The molecule has 3 heterocycles. The third-order valence-corrected chi connectivity index (χ3v) is 8.04. The first kappa shape index (κ1) is 25.9. The van der Waals surface area contributed by atoms with Gasteiger partial charge in [-0.25, -0.2) is 9.98 Å². The number of halogens is 3. The van der Waals surface area contributed by atoms with Gasteiger partial charge in [-0.3, -0.25) is 4.79 Å². The van der Waals surface area contributed by atoms with E-state index in [1.807, 2.05) is 0 Å². The van der Waals surface area contributed by atoms with Crippen molar-refractivity contribution in [3.05, 3.63) is 27.3 Å². The van der Waals surface area contributed by atoms with Gasteiger partial charge in [-0.05, 0) is 56.9 Å². The molecule has 1 aliphatic heterocycles. The molecule has 4 rings (SSSR count). The van der Waals surface area contributed by atoms with Crippen molar-refractivity contribution in [2.45, 2.75) is 77.3 Å². The van der Waals surface area contributed by atoms with Crippen molar-refractivity contribution in [2.75, 3.05) is 19.6 Å². The van der Waals surface area contributed by atoms with Crippen LogP contribution in [0, 0.1) is 18.8 Å². The molecule has 0 aromatic carbocycles. The normalized spacial score (nSPS) is 21.8. The van der Waals surface area contributed by atoms with Gasteiger partial charge in [-0.1, -0.05) is 5.16 Å². The van der Waals surface area contributed by atoms with Crippen LogP contribution in [0.25, 0.3) is 0 Å². The van der Waals surface area contributed by atoms with Crippen molar-refractivity contribution >= 4 is 23.5 Å². The lowest BCUT2D eigenvalue weighted by Gasteiger charge is -2.28. The summed E-state index contributed by atoms with van der Waals surface area (Å²) < 4.78 is 42.3. The average Bonchev–Trinajstić information content (AvgIpc) is 3.36. The van der Waals surface area contributed by atoms with Gasteiger partial charge in [0.05, 0.1) is 17.1 Å². The largest absolute Gasteiger partial charge is 0.389 e. The zero-order valence-electron chi connectivity index (χ0n) is 20.0. The molecular formula is C24H32F3N5O2S. The van der Waals surface area contributed by atoms with Crippen molar-refractivity contribution in [1.29, 1.82) is 0 Å². The summed E-state index contributed by atoms with van der Waals surface area (Å²) in [6.45, 7) is 4.59. The van der Waals surface area contributed by atoms with Crippen LogP contribution in [-0.4, -0.2) is 58.0 Å². The fraction of sp³-hybridized carbons (Fsp3) is 0.708. The molecule has 0 N–H and O–H groups in total. The predicted octanol–water partition coefficient (Wildman–Crippen LogP) is 4.77. The summed E-state index contributed by atoms with van der Waals surface area (Å²) in [4.78, 5) is 28.3. The summed E-state index contributed by atoms with van der Waals surface area (Å²) in [7, 11) is 0. The monoisotopic (exact) mass is 511 g/mol. The molecule has 0 atom stereocenters. The first-order valence-electron chi connectivity index (χ1n) is 12.4. The first-order chi connectivity index (χ1) is 16.7. The third-order valence-electron chi connectivity index (χ3n) is 6.82. The molecule has 35 heavy (non-hydrogen) atoms. The van der Waals surface area contributed by atoms with Gasteiger partial charge in [-0.15, -0.1) is 11.3 Å². The van der Waals surface area contributed by atoms with Crippen molar-refractivity contribution in [2.24, 2.45) is 16.8 Å². The standard InChI is InChI=1S/C24H32F3N5O2S/c1-16-29-21(31-34-16)14-22(33)28-15-18-4-2-17(3-5-18)7-11-32-12-8-19-20(9-13-32)35-23(30-19)6-10-24(25,26)27/h15,17-18H,2-14H2,1H3. The van der Waals surface area contributed by atoms with Gasteiger partial charge in [0.15, 0.2) is 5.82 Å². The molecule has 2 aromatic heterocycles. The van der Waals surface area contributed by atoms with E-state index in [1.165, 1.54) is 11.3 Å². The fourth-order valence-electron chi connectivity index (χ4n) is 4.82. The zero-order valence-corrected chi connectivity index (χ0v) is 20.8. The van der Waals surface area contributed by atoms with E-state index in [9.17, 15) is 18.0 Å². The Morgan fingerprint density at radius 2 is 1.97 bits per heavy atom. The van der Waals surface area contributed by atoms with Crippen LogP contribution in [0.1, 0.15) is 65.8 Å². The molecule has 2 aliphatic rings. The zero-order chi connectivity index (χ0) is 24.8. The van der Waals surface area contributed by atoms with E-state index in [-0.39, 0.29) is 18.7 Å². The second kappa shape index (κ2) is 11.7. The van der Waals surface area contributed by atoms with E-state index in [0.29, 0.717) is 28.6 Å². The molecular weight excluding hydrogens is 479 g/mol. The van der Waals surface area contributed by atoms with E-state index >= 15 is 0 Å². The Bertz CT molecular complexity index is 986. The topological polar surface area (TPSA) is 84.5 Å². The van der Waals surface area contributed by atoms with Crippen LogP contribution in [0.15, 0.2) is 9.52 Å². The number of rotatable bonds is 8. The number of carbonyl (C=O) groups excluding carboxylic acids is 1. The summed E-state index contributed by atoms with van der Waals surface area (Å²) >= 11 is 1.46. The number of hydrogen-bond donors (Lipinski definition) is 0. The Kier molecular flexibility index (Phi) is 8.69. The maximum absolute atomic E-state index is 12.5. The van der Waals surface area contributed by atoms with Crippen LogP contribution in [0.3, 0.4) is 0 Å². The molecule has 0 radical (unpaired) electrons. The molecule has 0 unspecified atom stereocenters. The van der Waals surface area contributed by atoms with Crippen LogP contribution in [0.2, 0.25) is 0 Å². The van der Waals surface area contributed by atoms with Gasteiger partial charge in [0.1, 0.15) is 0 Å². The Balaban J connectivity index is 1.13. The summed E-state index contributed by atoms with van der Waals surface area (Å²) in [6.07, 6.45) is 4.15. The van der Waals surface area contributed by atoms with Gasteiger partial charge in [0.2, 0.25) is 5.89 Å². The number of carbonyl (C=O) groups is 1. The van der Waals surface area contributed by atoms with Crippen LogP contribution in [0.5, 0.6) is 0 Å². The molecule has 0 spiro atoms. The van der Waals surface area contributed by atoms with Gasteiger partial charge < -0.3 is 9.42 Å². The second-order valence-electron chi connectivity index (χ2n) is 9.58. The summed E-state index contributed by atoms with van der Waals surface area (Å²) in [5.74, 6) is 1.59. The Labute approximate surface area is 207 Å². The molecule has 11 heteroatoms. The minimum atomic E-state index is -4.13. The maximum atomic E-state index is 12.5. The molecule has 0 bridgehead atoms. The van der Waals surface area contributed by atoms with E-state index in [4.69, 9.17) is 4.52 Å². The number of amides is 1. The third kappa shape index (κ3) is 8.20. The quantitative estimate of drug-likeness (QED) is 0.475. The number of aromatic nitrogens is 3. The van der Waals surface area contributed by atoms with E-state index in [0.717, 1.165) is 75.2 Å². The van der Waals surface area contributed by atoms with Crippen LogP contribution in [-0.2, 0) is 30.5 Å². The lowest BCUT2D eigenvalue weighted by molar-refractivity contribution is -0.134. The SMILES string of the molecule is Cc1nc(CC(=O)N=CC2CCC(CCN3CCc4nc(CCC(F)(F)F)sc4CC3)CC2)no1. The number of fused-ring (bicyclic) bond motifs is 1. The number of aliphatic imine (C=N–C) groups is 1. The first-order valence-corrected chi connectivity index (χ1v) is 13.2. The highest BCUT2D eigenvalue weighted by Gasteiger charge is 2.28. The fourth-order valence-corrected chi connectivity index (χ4v) is 5.92. The molecule has 7 nitrogen and oxygen atoms in total. The van der Waals surface area contributed by atoms with Crippen LogP contribution in [0.4, 0.5) is 13.2 Å². The Hall–Kier alpha value is -2.14. The molecule has 1 fully saturated rings. The van der Waals surface area contributed by atoms with Crippen LogP contribution < -0.4 is 0 Å². The van der Waals surface area contributed by atoms with E-state index in [2.05, 4.69) is 25.0 Å².